The minimum absolute atomic E-state index is 0.00270. The molecule has 13 nitrogen and oxygen atoms in total. The Hall–Kier alpha value is -3.00. The molecule has 8 rings (SSSR count). The SMILES string of the molecule is C=C[C@@H]1C[C@]1(NC(=O)[C@@H]1C[C@@]2(CN1C(=O)[C@@H](NC(=O)[C@@H](NC(=O)[C@@H]1CCCN(C3CCC3)C1)C(C)(C)C)C1CCCCC1)C(C)(C)C21CCC1)C(=O)NS(=O)(=O)C1CC1. The normalized spacial score (nSPS) is 33.8. The molecule has 0 radical (unpaired) electrons. The van der Waals surface area contributed by atoms with Crippen molar-refractivity contribution in [3.63, 3.8) is 0 Å². The van der Waals surface area contributed by atoms with Gasteiger partial charge in [-0.1, -0.05) is 72.8 Å². The predicted octanol–water partition coefficient (Wildman–Crippen LogP) is 4.31. The quantitative estimate of drug-likeness (QED) is 0.199. The second-order valence-electron chi connectivity index (χ2n) is 21.6. The third-order valence-corrected chi connectivity index (χ3v) is 19.0. The van der Waals surface area contributed by atoms with Crippen LogP contribution in [0.1, 0.15) is 144 Å². The van der Waals surface area contributed by atoms with Gasteiger partial charge in [0.15, 0.2) is 0 Å². The van der Waals surface area contributed by atoms with Crippen molar-refractivity contribution in [3.05, 3.63) is 12.7 Å². The van der Waals surface area contributed by atoms with Gasteiger partial charge in [0.05, 0.1) is 11.2 Å². The zero-order valence-corrected chi connectivity index (χ0v) is 37.0. The number of piperidine rings is 1. The minimum Gasteiger partial charge on any atom is -0.344 e. The van der Waals surface area contributed by atoms with Crippen molar-refractivity contribution in [2.75, 3.05) is 19.6 Å². The summed E-state index contributed by atoms with van der Waals surface area (Å²) in [4.78, 5) is 76.6. The molecule has 328 valence electrons. The fraction of sp³-hybridized carbons (Fsp3) is 0.844. The molecule has 0 aromatic heterocycles. The number of carbonyl (C=O) groups is 5. The van der Waals surface area contributed by atoms with Gasteiger partial charge in [-0.25, -0.2) is 8.42 Å². The number of fused-ring (bicyclic) bond motifs is 1. The van der Waals surface area contributed by atoms with Gasteiger partial charge in [0.1, 0.15) is 23.7 Å². The first-order valence-corrected chi connectivity index (χ1v) is 24.5. The summed E-state index contributed by atoms with van der Waals surface area (Å²) in [5.74, 6) is -2.85. The Morgan fingerprint density at radius 2 is 1.51 bits per heavy atom. The highest BCUT2D eigenvalue weighted by Crippen LogP contribution is 2.88. The second kappa shape index (κ2) is 15.1. The first kappa shape index (κ1) is 42.7. The Kier molecular flexibility index (Phi) is 10.9. The van der Waals surface area contributed by atoms with Crippen LogP contribution < -0.4 is 20.7 Å². The third-order valence-electron chi connectivity index (χ3n) is 17.2. The van der Waals surface area contributed by atoms with Crippen LogP contribution >= 0.6 is 0 Å². The summed E-state index contributed by atoms with van der Waals surface area (Å²) in [6, 6.07) is -2.15. The molecule has 0 unspecified atom stereocenters. The molecule has 2 spiro atoms. The molecule has 6 saturated carbocycles. The Bertz CT molecular complexity index is 1840. The van der Waals surface area contributed by atoms with Gasteiger partial charge in [0, 0.05) is 30.5 Å². The molecule has 2 aliphatic heterocycles. The molecule has 8 aliphatic rings. The van der Waals surface area contributed by atoms with Crippen molar-refractivity contribution in [3.8, 4) is 0 Å². The molecule has 5 amide bonds. The van der Waals surface area contributed by atoms with Crippen LogP contribution in [-0.4, -0.2) is 102 Å². The summed E-state index contributed by atoms with van der Waals surface area (Å²) in [5.41, 5.74) is -2.55. The van der Waals surface area contributed by atoms with Gasteiger partial charge < -0.3 is 20.9 Å². The molecule has 0 aromatic rings. The first-order valence-electron chi connectivity index (χ1n) is 23.0. The van der Waals surface area contributed by atoms with E-state index in [1.54, 1.807) is 11.0 Å². The molecule has 2 saturated heterocycles. The number of nitrogens with zero attached hydrogens (tertiary/aromatic N) is 2. The summed E-state index contributed by atoms with van der Waals surface area (Å²) in [5, 5.41) is 8.73. The number of nitrogens with one attached hydrogen (secondary N) is 4. The van der Waals surface area contributed by atoms with E-state index in [9.17, 15) is 27.6 Å². The van der Waals surface area contributed by atoms with Crippen molar-refractivity contribution >= 4 is 39.6 Å². The fourth-order valence-electron chi connectivity index (χ4n) is 12.6. The van der Waals surface area contributed by atoms with Crippen LogP contribution in [-0.2, 0) is 34.0 Å². The molecular weight excluding hydrogens is 769 g/mol. The molecule has 2 heterocycles. The Balaban J connectivity index is 1.05. The van der Waals surface area contributed by atoms with E-state index in [0.717, 1.165) is 70.8 Å². The number of hydrogen-bond acceptors (Lipinski definition) is 8. The van der Waals surface area contributed by atoms with Gasteiger partial charge in [-0.05, 0) is 106 Å². The number of rotatable bonds is 13. The smallest absolute Gasteiger partial charge is 0.259 e. The van der Waals surface area contributed by atoms with Gasteiger partial charge in [0.25, 0.3) is 5.91 Å². The van der Waals surface area contributed by atoms with Gasteiger partial charge in [0.2, 0.25) is 33.7 Å². The van der Waals surface area contributed by atoms with Crippen LogP contribution in [0.4, 0.5) is 0 Å². The average Bonchev–Trinajstić information content (AvgIpc) is 4.09. The van der Waals surface area contributed by atoms with Gasteiger partial charge in [-0.15, -0.1) is 6.58 Å². The van der Waals surface area contributed by atoms with Crippen molar-refractivity contribution in [2.45, 2.75) is 179 Å². The molecule has 59 heavy (non-hydrogen) atoms. The lowest BCUT2D eigenvalue weighted by Crippen LogP contribution is -2.62. The van der Waals surface area contributed by atoms with Gasteiger partial charge in [-0.2, -0.15) is 0 Å². The van der Waals surface area contributed by atoms with Crippen LogP contribution in [0, 0.1) is 39.4 Å². The lowest BCUT2D eigenvalue weighted by Gasteiger charge is -2.42. The highest BCUT2D eigenvalue weighted by Gasteiger charge is 2.85. The first-order chi connectivity index (χ1) is 27.8. The van der Waals surface area contributed by atoms with Gasteiger partial charge in [-0.3, -0.25) is 33.6 Å². The predicted molar refractivity (Wildman–Crippen MR) is 224 cm³/mol. The minimum atomic E-state index is -3.87. The highest BCUT2D eigenvalue weighted by atomic mass is 32.2. The van der Waals surface area contributed by atoms with Crippen LogP contribution in [0.5, 0.6) is 0 Å². The summed E-state index contributed by atoms with van der Waals surface area (Å²) in [6.07, 6.45) is 16.1. The molecule has 6 aliphatic carbocycles. The number of amides is 5. The summed E-state index contributed by atoms with van der Waals surface area (Å²) in [6.45, 7) is 16.2. The number of hydrogen-bond donors (Lipinski definition) is 4. The maximum absolute atomic E-state index is 15.4. The Morgan fingerprint density at radius 1 is 0.814 bits per heavy atom. The standard InChI is InChI=1S/C45H70N6O7S/c1-7-30-24-45(30,40(56)49-59(57,58)32-19-20-32)48-37(53)33-25-44(42(5,6)43(44)21-13-22-43)27-51(33)39(55)34(28-14-9-8-10-15-28)46-38(54)35(41(2,3)4)47-36(52)29-16-12-23-50(26-29)31-17-11-18-31/h7,28-35H,1,8-27H2,2-6H3,(H,46,54)(H,47,52)(H,48,53)(H,49,56)/t29-,30-,33+,34+,35-,44-,45-/m1/s1. The molecular formula is C45H70N6O7S. The van der Waals surface area contributed by atoms with E-state index in [-0.39, 0.29) is 46.3 Å². The Labute approximate surface area is 351 Å². The van der Waals surface area contributed by atoms with Crippen LogP contribution in [0.2, 0.25) is 0 Å². The third kappa shape index (κ3) is 7.25. The van der Waals surface area contributed by atoms with Crippen molar-refractivity contribution in [1.29, 1.82) is 0 Å². The molecule has 8 fully saturated rings. The maximum Gasteiger partial charge on any atom is 0.259 e. The molecule has 14 heteroatoms. The lowest BCUT2D eigenvalue weighted by atomic mass is 9.73. The van der Waals surface area contributed by atoms with E-state index in [0.29, 0.717) is 38.4 Å². The Morgan fingerprint density at radius 3 is 2.05 bits per heavy atom. The second-order valence-corrected chi connectivity index (χ2v) is 23.6. The summed E-state index contributed by atoms with van der Waals surface area (Å²) >= 11 is 0. The zero-order valence-electron chi connectivity index (χ0n) is 36.2. The number of likely N-dealkylation sites (tertiary alicyclic amines) is 2. The van der Waals surface area contributed by atoms with Crippen LogP contribution in [0.15, 0.2) is 12.7 Å². The van der Waals surface area contributed by atoms with E-state index in [4.69, 9.17) is 0 Å². The van der Waals surface area contributed by atoms with E-state index in [2.05, 4.69) is 46.0 Å². The number of sulfonamides is 1. The summed E-state index contributed by atoms with van der Waals surface area (Å²) in [7, 11) is -3.87. The summed E-state index contributed by atoms with van der Waals surface area (Å²) < 4.78 is 28.0. The van der Waals surface area contributed by atoms with Gasteiger partial charge >= 0.3 is 0 Å². The van der Waals surface area contributed by atoms with Crippen LogP contribution in [0.25, 0.3) is 0 Å². The topological polar surface area (TPSA) is 174 Å². The lowest BCUT2D eigenvalue weighted by molar-refractivity contribution is -0.144. The average molecular weight is 839 g/mol. The molecule has 7 atom stereocenters. The highest BCUT2D eigenvalue weighted by molar-refractivity contribution is 7.91. The van der Waals surface area contributed by atoms with E-state index >= 15 is 4.79 Å². The largest absolute Gasteiger partial charge is 0.344 e. The fourth-order valence-corrected chi connectivity index (χ4v) is 14.0. The zero-order chi connectivity index (χ0) is 42.3. The van der Waals surface area contributed by atoms with Crippen molar-refractivity contribution in [1.82, 2.24) is 30.5 Å². The van der Waals surface area contributed by atoms with E-state index in [1.165, 1.54) is 19.3 Å². The van der Waals surface area contributed by atoms with Crippen molar-refractivity contribution < 1.29 is 32.4 Å². The van der Waals surface area contributed by atoms with E-state index in [1.807, 2.05) is 20.8 Å². The maximum atomic E-state index is 15.4. The monoisotopic (exact) mass is 839 g/mol. The molecule has 4 N–H and O–H groups in total. The van der Waals surface area contributed by atoms with Crippen LogP contribution in [0.3, 0.4) is 0 Å². The number of carbonyl (C=O) groups excluding carboxylic acids is 5. The molecule has 0 bridgehead atoms. The van der Waals surface area contributed by atoms with Crippen molar-refractivity contribution in [2.24, 2.45) is 39.4 Å². The molecule has 0 aromatic carbocycles. The van der Waals surface area contributed by atoms with E-state index < -0.39 is 68.0 Å².